The fourth-order valence-electron chi connectivity index (χ4n) is 0.997. The largest absolute Gasteiger partial charge is 0.461 e. The summed E-state index contributed by atoms with van der Waals surface area (Å²) in [6.07, 6.45) is 3.69. The van der Waals surface area contributed by atoms with Crippen LogP contribution in [0.3, 0.4) is 0 Å². The molecule has 0 spiro atoms. The molecule has 0 saturated carbocycles. The lowest BCUT2D eigenvalue weighted by atomic mass is 10.4. The molecule has 0 atom stereocenters. The van der Waals surface area contributed by atoms with E-state index in [1.165, 1.54) is 37.4 Å². The van der Waals surface area contributed by atoms with E-state index < -0.39 is 11.9 Å². The molecule has 0 aromatic rings. The van der Waals surface area contributed by atoms with Gasteiger partial charge in [0.1, 0.15) is 10.1 Å². The summed E-state index contributed by atoms with van der Waals surface area (Å²) in [7, 11) is 0. The van der Waals surface area contributed by atoms with E-state index in [1.54, 1.807) is 6.92 Å². The van der Waals surface area contributed by atoms with Gasteiger partial charge in [0, 0.05) is 6.92 Å². The predicted octanol–water partition coefficient (Wildman–Crippen LogP) is 2.43. The van der Waals surface area contributed by atoms with E-state index in [4.69, 9.17) is 9.47 Å². The van der Waals surface area contributed by atoms with Gasteiger partial charge in [-0.15, -0.1) is 23.5 Å². The maximum absolute atomic E-state index is 11.7. The lowest BCUT2D eigenvalue weighted by Crippen LogP contribution is -2.11. The Morgan fingerprint density at radius 3 is 2.11 bits per heavy atom. The molecule has 0 aliphatic carbocycles. The summed E-state index contributed by atoms with van der Waals surface area (Å²) in [6, 6.07) is 0. The smallest absolute Gasteiger partial charge is 0.360 e. The Hall–Kier alpha value is -0.950. The zero-order valence-electron chi connectivity index (χ0n) is 11.1. The van der Waals surface area contributed by atoms with Gasteiger partial charge in [-0.25, -0.2) is 9.79 Å². The van der Waals surface area contributed by atoms with Gasteiger partial charge in [0.25, 0.3) is 0 Å². The second kappa shape index (κ2) is 9.04. The number of carbonyl (C=O) groups is 2. The highest BCUT2D eigenvalue weighted by molar-refractivity contribution is 8.38. The van der Waals surface area contributed by atoms with Gasteiger partial charge < -0.3 is 9.47 Å². The van der Waals surface area contributed by atoms with Crippen molar-refractivity contribution in [2.75, 3.05) is 19.1 Å². The number of thioether (sulfide) groups is 2. The standard InChI is InChI=1S/C11H17NO4S2/c1-6-15-10(14)9(7(2)16-8(3)13)12-11(17-4)18-5/h6H2,1-5H3/b9-7-. The highest BCUT2D eigenvalue weighted by Crippen LogP contribution is 2.18. The lowest BCUT2D eigenvalue weighted by Gasteiger charge is -2.08. The Morgan fingerprint density at radius 1 is 1.17 bits per heavy atom. The number of esters is 2. The first-order valence-electron chi connectivity index (χ1n) is 5.19. The van der Waals surface area contributed by atoms with Crippen molar-refractivity contribution in [2.24, 2.45) is 4.99 Å². The molecule has 0 heterocycles. The van der Waals surface area contributed by atoms with Crippen LogP contribution in [0.2, 0.25) is 0 Å². The quantitative estimate of drug-likeness (QED) is 0.260. The van der Waals surface area contributed by atoms with Crippen molar-refractivity contribution in [2.45, 2.75) is 20.8 Å². The van der Waals surface area contributed by atoms with E-state index in [-0.39, 0.29) is 18.1 Å². The Bertz CT molecular complexity index is 371. The number of hydrogen-bond donors (Lipinski definition) is 0. The minimum Gasteiger partial charge on any atom is -0.461 e. The van der Waals surface area contributed by atoms with Crippen LogP contribution < -0.4 is 0 Å². The van der Waals surface area contributed by atoms with Crippen LogP contribution in [0.1, 0.15) is 20.8 Å². The molecule has 5 nitrogen and oxygen atoms in total. The first-order valence-corrected chi connectivity index (χ1v) is 7.64. The molecular formula is C11H17NO4S2. The van der Waals surface area contributed by atoms with Crippen LogP contribution in [0.25, 0.3) is 0 Å². The summed E-state index contributed by atoms with van der Waals surface area (Å²) in [4.78, 5) is 26.8. The van der Waals surface area contributed by atoms with Crippen molar-refractivity contribution in [1.29, 1.82) is 0 Å². The van der Waals surface area contributed by atoms with Gasteiger partial charge in [-0.05, 0) is 26.4 Å². The number of rotatable bonds is 4. The van der Waals surface area contributed by atoms with Crippen molar-refractivity contribution in [3.8, 4) is 0 Å². The van der Waals surface area contributed by atoms with E-state index in [2.05, 4.69) is 4.99 Å². The molecule has 0 radical (unpaired) electrons. The van der Waals surface area contributed by atoms with E-state index in [9.17, 15) is 9.59 Å². The number of hydrogen-bond acceptors (Lipinski definition) is 7. The van der Waals surface area contributed by atoms with E-state index >= 15 is 0 Å². The highest BCUT2D eigenvalue weighted by Gasteiger charge is 2.17. The molecule has 0 aromatic carbocycles. The molecule has 0 N–H and O–H groups in total. The second-order valence-electron chi connectivity index (χ2n) is 3.00. The van der Waals surface area contributed by atoms with Crippen LogP contribution in [-0.4, -0.2) is 35.4 Å². The first-order chi connectivity index (χ1) is 8.46. The van der Waals surface area contributed by atoms with Crippen LogP contribution in [0.4, 0.5) is 0 Å². The number of ether oxygens (including phenoxy) is 2. The number of aliphatic imine (C=N–C) groups is 1. The molecule has 102 valence electrons. The van der Waals surface area contributed by atoms with Gasteiger partial charge in [-0.2, -0.15) is 0 Å². The molecule has 0 unspecified atom stereocenters. The van der Waals surface area contributed by atoms with Gasteiger partial charge in [-0.1, -0.05) is 0 Å². The summed E-state index contributed by atoms with van der Waals surface area (Å²) in [5, 5.41) is 0. The van der Waals surface area contributed by atoms with Gasteiger partial charge in [0.2, 0.25) is 0 Å². The Balaban J connectivity index is 5.35. The van der Waals surface area contributed by atoms with Crippen molar-refractivity contribution < 1.29 is 19.1 Å². The minimum atomic E-state index is -0.600. The zero-order chi connectivity index (χ0) is 14.1. The van der Waals surface area contributed by atoms with Crippen LogP contribution in [-0.2, 0) is 19.1 Å². The monoisotopic (exact) mass is 291 g/mol. The second-order valence-corrected chi connectivity index (χ2v) is 4.85. The Labute approximate surface area is 115 Å². The molecule has 0 rings (SSSR count). The molecule has 0 bridgehead atoms. The van der Waals surface area contributed by atoms with Crippen LogP contribution in [0.5, 0.6) is 0 Å². The van der Waals surface area contributed by atoms with Crippen molar-refractivity contribution in [3.05, 3.63) is 11.5 Å². The first kappa shape index (κ1) is 17.1. The van der Waals surface area contributed by atoms with E-state index in [1.807, 2.05) is 12.5 Å². The number of carbonyl (C=O) groups excluding carboxylic acids is 2. The van der Waals surface area contributed by atoms with E-state index in [0.29, 0.717) is 4.38 Å². The summed E-state index contributed by atoms with van der Waals surface area (Å²) in [6.45, 7) is 4.71. The molecule has 0 aliphatic heterocycles. The fraction of sp³-hybridized carbons (Fsp3) is 0.545. The molecule has 18 heavy (non-hydrogen) atoms. The molecule has 0 aliphatic rings. The summed E-state index contributed by atoms with van der Waals surface area (Å²) in [5.41, 5.74) is 0.0192. The zero-order valence-corrected chi connectivity index (χ0v) is 12.7. The SMILES string of the molecule is CCOC(=O)/C(N=C(SC)SC)=C(\C)OC(C)=O. The maximum atomic E-state index is 11.7. The molecule has 0 saturated heterocycles. The normalized spacial score (nSPS) is 11.4. The Kier molecular flexibility index (Phi) is 8.57. The minimum absolute atomic E-state index is 0.0192. The van der Waals surface area contributed by atoms with Crippen molar-refractivity contribution >= 4 is 39.8 Å². The summed E-state index contributed by atoms with van der Waals surface area (Å²) < 4.78 is 10.5. The van der Waals surface area contributed by atoms with Gasteiger partial charge in [0.05, 0.1) is 6.61 Å². The third-order valence-corrected chi connectivity index (χ3v) is 3.53. The third-order valence-electron chi connectivity index (χ3n) is 1.65. The molecule has 0 amide bonds. The fourth-order valence-corrected chi connectivity index (χ4v) is 2.03. The molecule has 0 fully saturated rings. The maximum Gasteiger partial charge on any atom is 0.360 e. The molecule has 0 aromatic heterocycles. The summed E-state index contributed by atoms with van der Waals surface area (Å²) in [5.74, 6) is -0.960. The Morgan fingerprint density at radius 2 is 1.72 bits per heavy atom. The third kappa shape index (κ3) is 6.11. The van der Waals surface area contributed by atoms with Crippen LogP contribution in [0.15, 0.2) is 16.4 Å². The van der Waals surface area contributed by atoms with E-state index in [0.717, 1.165) is 0 Å². The number of nitrogens with zero attached hydrogens (tertiary/aromatic N) is 1. The van der Waals surface area contributed by atoms with Crippen LogP contribution >= 0.6 is 23.5 Å². The topological polar surface area (TPSA) is 65.0 Å². The average Bonchev–Trinajstić information content (AvgIpc) is 2.29. The average molecular weight is 291 g/mol. The van der Waals surface area contributed by atoms with Gasteiger partial charge >= 0.3 is 11.9 Å². The number of allylic oxidation sites excluding steroid dienone is 1. The van der Waals surface area contributed by atoms with Crippen LogP contribution in [0, 0.1) is 0 Å². The van der Waals surface area contributed by atoms with Gasteiger partial charge in [-0.3, -0.25) is 4.79 Å². The van der Waals surface area contributed by atoms with Gasteiger partial charge in [0.15, 0.2) is 5.70 Å². The lowest BCUT2D eigenvalue weighted by molar-refractivity contribution is -0.139. The van der Waals surface area contributed by atoms with Crippen molar-refractivity contribution in [1.82, 2.24) is 0 Å². The highest BCUT2D eigenvalue weighted by atomic mass is 32.2. The molecular weight excluding hydrogens is 274 g/mol. The molecule has 7 heteroatoms. The summed E-state index contributed by atoms with van der Waals surface area (Å²) >= 11 is 2.80. The predicted molar refractivity (Wildman–Crippen MR) is 75.6 cm³/mol. The van der Waals surface area contributed by atoms with Crippen molar-refractivity contribution in [3.63, 3.8) is 0 Å².